The Hall–Kier alpha value is -1.11. The minimum atomic E-state index is -3.00. The number of rotatable bonds is 2. The van der Waals surface area contributed by atoms with Crippen molar-refractivity contribution in [3.05, 3.63) is 0 Å². The summed E-state index contributed by atoms with van der Waals surface area (Å²) in [5.74, 6) is -0.967. The maximum Gasteiger partial charge on any atom is 0.223 e. The third-order valence-corrected chi connectivity index (χ3v) is 4.96. The smallest absolute Gasteiger partial charge is 0.223 e. The van der Waals surface area contributed by atoms with Gasteiger partial charge in [0, 0.05) is 19.0 Å². The summed E-state index contributed by atoms with van der Waals surface area (Å²) in [6.45, 7) is 0.272. The van der Waals surface area contributed by atoms with Crippen LogP contribution in [0.3, 0.4) is 0 Å². The summed E-state index contributed by atoms with van der Waals surface area (Å²) in [5, 5.41) is 0. The molecule has 2 aliphatic heterocycles. The fourth-order valence-corrected chi connectivity index (χ4v) is 4.03. The van der Waals surface area contributed by atoms with E-state index < -0.39 is 21.7 Å². The molecule has 2 saturated heterocycles. The third-order valence-electron chi connectivity index (χ3n) is 3.21. The molecule has 2 amide bonds. The molecule has 0 radical (unpaired) electrons. The molecular weight excluding hydrogens is 232 g/mol. The lowest BCUT2D eigenvalue weighted by molar-refractivity contribution is -0.129. The molecule has 0 spiro atoms. The molecule has 6 nitrogen and oxygen atoms in total. The van der Waals surface area contributed by atoms with E-state index in [0.717, 1.165) is 0 Å². The average Bonchev–Trinajstić information content (AvgIpc) is 2.69. The largest absolute Gasteiger partial charge is 0.369 e. The summed E-state index contributed by atoms with van der Waals surface area (Å²) in [7, 11) is -3.00. The summed E-state index contributed by atoms with van der Waals surface area (Å²) < 4.78 is 22.6. The van der Waals surface area contributed by atoms with E-state index >= 15 is 0 Å². The normalized spacial score (nSPS) is 33.2. The van der Waals surface area contributed by atoms with Crippen molar-refractivity contribution in [2.24, 2.45) is 11.7 Å². The van der Waals surface area contributed by atoms with Crippen molar-refractivity contribution in [3.63, 3.8) is 0 Å². The number of likely N-dealkylation sites (tertiary alicyclic amines) is 1. The first kappa shape index (κ1) is 11.4. The van der Waals surface area contributed by atoms with E-state index in [0.29, 0.717) is 6.42 Å². The van der Waals surface area contributed by atoms with Crippen LogP contribution in [0.2, 0.25) is 0 Å². The van der Waals surface area contributed by atoms with Crippen LogP contribution in [0, 0.1) is 5.92 Å². The van der Waals surface area contributed by atoms with Gasteiger partial charge in [-0.3, -0.25) is 9.59 Å². The molecule has 2 N–H and O–H groups in total. The molecule has 0 aromatic rings. The van der Waals surface area contributed by atoms with Crippen molar-refractivity contribution in [2.75, 3.05) is 18.1 Å². The molecule has 90 valence electrons. The van der Waals surface area contributed by atoms with Crippen LogP contribution in [-0.2, 0) is 19.4 Å². The number of nitrogens with two attached hydrogens (primary N) is 1. The van der Waals surface area contributed by atoms with Gasteiger partial charge >= 0.3 is 0 Å². The number of primary amides is 1. The Morgan fingerprint density at radius 1 is 1.44 bits per heavy atom. The van der Waals surface area contributed by atoms with E-state index in [1.165, 1.54) is 4.90 Å². The van der Waals surface area contributed by atoms with Gasteiger partial charge in [-0.2, -0.15) is 0 Å². The molecule has 16 heavy (non-hydrogen) atoms. The van der Waals surface area contributed by atoms with Crippen LogP contribution in [-0.4, -0.2) is 49.2 Å². The number of hydrogen-bond donors (Lipinski definition) is 1. The number of hydrogen-bond acceptors (Lipinski definition) is 4. The van der Waals surface area contributed by atoms with Crippen LogP contribution in [0.4, 0.5) is 0 Å². The quantitative estimate of drug-likeness (QED) is 0.641. The van der Waals surface area contributed by atoms with Gasteiger partial charge in [0.2, 0.25) is 11.8 Å². The molecule has 2 unspecified atom stereocenters. The van der Waals surface area contributed by atoms with E-state index in [2.05, 4.69) is 0 Å². The predicted molar refractivity (Wildman–Crippen MR) is 56.1 cm³/mol. The highest BCUT2D eigenvalue weighted by atomic mass is 32.2. The van der Waals surface area contributed by atoms with E-state index in [1.807, 2.05) is 0 Å². The SMILES string of the molecule is NC(=O)C1CC(=O)N(C2CCS(=O)(=O)C2)C1. The first-order valence-corrected chi connectivity index (χ1v) is 7.00. The van der Waals surface area contributed by atoms with Gasteiger partial charge in [-0.15, -0.1) is 0 Å². The average molecular weight is 246 g/mol. The van der Waals surface area contributed by atoms with Crippen LogP contribution in [0.1, 0.15) is 12.8 Å². The van der Waals surface area contributed by atoms with Crippen LogP contribution < -0.4 is 5.73 Å². The lowest BCUT2D eigenvalue weighted by Gasteiger charge is -2.22. The Bertz CT molecular complexity index is 431. The standard InChI is InChI=1S/C9H14N2O4S/c10-9(13)6-3-8(12)11(4-6)7-1-2-16(14,15)5-7/h6-7H,1-5H2,(H2,10,13). The maximum atomic E-state index is 11.6. The van der Waals surface area contributed by atoms with E-state index in [9.17, 15) is 18.0 Å². The second-order valence-electron chi connectivity index (χ2n) is 4.41. The molecule has 2 fully saturated rings. The predicted octanol–water partition coefficient (Wildman–Crippen LogP) is -1.49. The highest BCUT2D eigenvalue weighted by molar-refractivity contribution is 7.91. The van der Waals surface area contributed by atoms with Gasteiger partial charge in [0.1, 0.15) is 0 Å². The molecule has 2 atom stereocenters. The number of carbonyl (C=O) groups is 2. The summed E-state index contributed by atoms with van der Waals surface area (Å²) >= 11 is 0. The van der Waals surface area contributed by atoms with Crippen LogP contribution >= 0.6 is 0 Å². The third kappa shape index (κ3) is 2.04. The fourth-order valence-electron chi connectivity index (χ4n) is 2.30. The van der Waals surface area contributed by atoms with Gasteiger partial charge < -0.3 is 10.6 Å². The number of amides is 2. The zero-order valence-electron chi connectivity index (χ0n) is 8.76. The highest BCUT2D eigenvalue weighted by Crippen LogP contribution is 2.25. The maximum absolute atomic E-state index is 11.6. The van der Waals surface area contributed by atoms with Crippen molar-refractivity contribution in [3.8, 4) is 0 Å². The molecule has 2 heterocycles. The zero-order chi connectivity index (χ0) is 11.9. The molecule has 0 aromatic heterocycles. The van der Waals surface area contributed by atoms with Crippen molar-refractivity contribution in [2.45, 2.75) is 18.9 Å². The van der Waals surface area contributed by atoms with Crippen molar-refractivity contribution in [1.82, 2.24) is 4.90 Å². The van der Waals surface area contributed by atoms with Gasteiger partial charge in [0.05, 0.1) is 17.4 Å². The van der Waals surface area contributed by atoms with E-state index in [-0.39, 0.29) is 36.4 Å². The lowest BCUT2D eigenvalue weighted by atomic mass is 10.1. The topological polar surface area (TPSA) is 97.5 Å². The lowest BCUT2D eigenvalue weighted by Crippen LogP contribution is -2.38. The summed E-state index contributed by atoms with van der Waals surface area (Å²) in [5.41, 5.74) is 5.14. The number of nitrogens with zero attached hydrogens (tertiary/aromatic N) is 1. The molecule has 0 aromatic carbocycles. The summed E-state index contributed by atoms with van der Waals surface area (Å²) in [6, 6.07) is -0.262. The molecule has 2 aliphatic rings. The Kier molecular flexibility index (Phi) is 2.65. The first-order chi connectivity index (χ1) is 7.39. The van der Waals surface area contributed by atoms with Gasteiger partial charge in [-0.25, -0.2) is 8.42 Å². The molecule has 0 saturated carbocycles. The molecule has 0 aliphatic carbocycles. The Morgan fingerprint density at radius 3 is 2.56 bits per heavy atom. The minimum Gasteiger partial charge on any atom is -0.369 e. The van der Waals surface area contributed by atoms with Gasteiger partial charge in [-0.1, -0.05) is 0 Å². The molecular formula is C9H14N2O4S. The van der Waals surface area contributed by atoms with Gasteiger partial charge in [0.15, 0.2) is 9.84 Å². The van der Waals surface area contributed by atoms with Crippen LogP contribution in [0.15, 0.2) is 0 Å². The van der Waals surface area contributed by atoms with Gasteiger partial charge in [0.25, 0.3) is 0 Å². The van der Waals surface area contributed by atoms with Gasteiger partial charge in [-0.05, 0) is 6.42 Å². The van der Waals surface area contributed by atoms with E-state index in [4.69, 9.17) is 5.73 Å². The van der Waals surface area contributed by atoms with E-state index in [1.54, 1.807) is 0 Å². The second-order valence-corrected chi connectivity index (χ2v) is 6.64. The summed E-state index contributed by atoms with van der Waals surface area (Å²) in [4.78, 5) is 24.1. The molecule has 7 heteroatoms. The Labute approximate surface area is 93.7 Å². The zero-order valence-corrected chi connectivity index (χ0v) is 9.57. The van der Waals surface area contributed by atoms with Crippen LogP contribution in [0.25, 0.3) is 0 Å². The number of sulfone groups is 1. The molecule has 0 bridgehead atoms. The first-order valence-electron chi connectivity index (χ1n) is 5.18. The Balaban J connectivity index is 2.07. The van der Waals surface area contributed by atoms with Crippen LogP contribution in [0.5, 0.6) is 0 Å². The van der Waals surface area contributed by atoms with Crippen molar-refractivity contribution < 1.29 is 18.0 Å². The second kappa shape index (κ2) is 3.73. The van der Waals surface area contributed by atoms with Crippen molar-refractivity contribution in [1.29, 1.82) is 0 Å². The minimum absolute atomic E-state index is 0.0181. The fraction of sp³-hybridized carbons (Fsp3) is 0.778. The molecule has 2 rings (SSSR count). The number of carbonyl (C=O) groups excluding carboxylic acids is 2. The monoisotopic (exact) mass is 246 g/mol. The Morgan fingerprint density at radius 2 is 2.12 bits per heavy atom. The highest BCUT2D eigenvalue weighted by Gasteiger charge is 2.41. The summed E-state index contributed by atoms with van der Waals surface area (Å²) in [6.07, 6.45) is 0.589. The van der Waals surface area contributed by atoms with Crippen molar-refractivity contribution >= 4 is 21.7 Å².